The van der Waals surface area contributed by atoms with Gasteiger partial charge in [0.25, 0.3) is 0 Å². The Labute approximate surface area is 180 Å². The smallest absolute Gasteiger partial charge is 0.416 e. The highest BCUT2D eigenvalue weighted by atomic mass is 35.5. The van der Waals surface area contributed by atoms with Gasteiger partial charge in [0.15, 0.2) is 0 Å². The van der Waals surface area contributed by atoms with E-state index in [0.29, 0.717) is 11.4 Å². The van der Waals surface area contributed by atoms with Gasteiger partial charge in [-0.15, -0.1) is 0 Å². The van der Waals surface area contributed by atoms with Crippen LogP contribution < -0.4 is 0 Å². The molecule has 1 N–H and O–H groups in total. The van der Waals surface area contributed by atoms with Crippen LogP contribution in [-0.4, -0.2) is 5.11 Å². The van der Waals surface area contributed by atoms with Crippen LogP contribution in [0.2, 0.25) is 5.02 Å². The molecule has 2 aromatic carbocycles. The lowest BCUT2D eigenvalue weighted by Gasteiger charge is -2.17. The molecule has 2 aromatic rings. The van der Waals surface area contributed by atoms with Gasteiger partial charge in [0.05, 0.1) is 11.3 Å². The van der Waals surface area contributed by atoms with Crippen LogP contribution in [0.3, 0.4) is 0 Å². The summed E-state index contributed by atoms with van der Waals surface area (Å²) in [7, 11) is 0. The SMILES string of the molecule is C=C(O)CCc1cc(C)c(CCC2=C(c3ccc(Cl)cc3)CCC2)cc1C(F)(F)F. The molecule has 5 heteroatoms. The molecule has 1 nitrogen and oxygen atoms in total. The Kier molecular flexibility index (Phi) is 6.97. The molecule has 30 heavy (non-hydrogen) atoms. The molecule has 0 atom stereocenters. The zero-order valence-corrected chi connectivity index (χ0v) is 17.8. The topological polar surface area (TPSA) is 20.2 Å². The Bertz CT molecular complexity index is 956. The summed E-state index contributed by atoms with van der Waals surface area (Å²) in [6.07, 6.45) is 0.209. The molecule has 0 fully saturated rings. The second kappa shape index (κ2) is 9.30. The number of aliphatic hydroxyl groups excluding tert-OH is 1. The molecule has 0 aromatic heterocycles. The molecular weight excluding hydrogens is 409 g/mol. The molecule has 0 aliphatic heterocycles. The van der Waals surface area contributed by atoms with Crippen LogP contribution >= 0.6 is 11.6 Å². The molecule has 0 amide bonds. The van der Waals surface area contributed by atoms with Crippen molar-refractivity contribution in [3.63, 3.8) is 0 Å². The van der Waals surface area contributed by atoms with E-state index in [1.807, 2.05) is 31.2 Å². The number of hydrogen-bond donors (Lipinski definition) is 1. The highest BCUT2D eigenvalue weighted by Gasteiger charge is 2.34. The summed E-state index contributed by atoms with van der Waals surface area (Å²) in [5, 5.41) is 9.98. The average molecular weight is 435 g/mol. The summed E-state index contributed by atoms with van der Waals surface area (Å²) in [6.45, 7) is 5.23. The number of hydrogen-bond acceptors (Lipinski definition) is 1. The van der Waals surface area contributed by atoms with Crippen molar-refractivity contribution < 1.29 is 18.3 Å². The van der Waals surface area contributed by atoms with E-state index in [1.54, 1.807) is 6.07 Å². The third kappa shape index (κ3) is 5.48. The van der Waals surface area contributed by atoms with Crippen molar-refractivity contribution in [2.24, 2.45) is 0 Å². The summed E-state index contributed by atoms with van der Waals surface area (Å²) >= 11 is 5.99. The van der Waals surface area contributed by atoms with Crippen LogP contribution in [-0.2, 0) is 19.0 Å². The molecule has 1 aliphatic rings. The first-order valence-corrected chi connectivity index (χ1v) is 10.6. The molecular formula is C25H26ClF3O. The van der Waals surface area contributed by atoms with E-state index >= 15 is 0 Å². The van der Waals surface area contributed by atoms with Gasteiger partial charge in [0.2, 0.25) is 0 Å². The summed E-state index contributed by atoms with van der Waals surface area (Å²) in [4.78, 5) is 0. The van der Waals surface area contributed by atoms with E-state index in [4.69, 9.17) is 11.6 Å². The van der Waals surface area contributed by atoms with E-state index in [0.717, 1.165) is 42.4 Å². The van der Waals surface area contributed by atoms with Crippen molar-refractivity contribution in [2.75, 3.05) is 0 Å². The number of allylic oxidation sites excluding steroid dienone is 3. The van der Waals surface area contributed by atoms with Gasteiger partial charge in [-0.05, 0) is 91.5 Å². The second-order valence-electron chi connectivity index (χ2n) is 7.94. The minimum Gasteiger partial charge on any atom is -0.513 e. The number of halogens is 4. The van der Waals surface area contributed by atoms with Gasteiger partial charge in [-0.2, -0.15) is 13.2 Å². The van der Waals surface area contributed by atoms with Crippen LogP contribution in [0.4, 0.5) is 13.2 Å². The Morgan fingerprint density at radius 2 is 1.73 bits per heavy atom. The molecule has 0 bridgehead atoms. The lowest BCUT2D eigenvalue weighted by Crippen LogP contribution is -2.11. The highest BCUT2D eigenvalue weighted by molar-refractivity contribution is 6.30. The van der Waals surface area contributed by atoms with E-state index in [2.05, 4.69) is 6.58 Å². The summed E-state index contributed by atoms with van der Waals surface area (Å²) in [5.41, 5.74) is 4.96. The van der Waals surface area contributed by atoms with Crippen molar-refractivity contribution in [1.29, 1.82) is 0 Å². The van der Waals surface area contributed by atoms with Gasteiger partial charge in [0, 0.05) is 11.4 Å². The first kappa shape index (κ1) is 22.5. The van der Waals surface area contributed by atoms with Gasteiger partial charge in [-0.1, -0.05) is 42.0 Å². The normalized spacial score (nSPS) is 14.4. The summed E-state index contributed by atoms with van der Waals surface area (Å²) < 4.78 is 40.9. The minimum absolute atomic E-state index is 0.104. The second-order valence-corrected chi connectivity index (χ2v) is 8.38. The van der Waals surface area contributed by atoms with Crippen molar-refractivity contribution >= 4 is 17.2 Å². The van der Waals surface area contributed by atoms with E-state index in [1.165, 1.54) is 17.2 Å². The van der Waals surface area contributed by atoms with Crippen LogP contribution in [0.5, 0.6) is 0 Å². The first-order valence-electron chi connectivity index (χ1n) is 10.2. The molecule has 0 heterocycles. The largest absolute Gasteiger partial charge is 0.513 e. The molecule has 1 aliphatic carbocycles. The van der Waals surface area contributed by atoms with Gasteiger partial charge >= 0.3 is 6.18 Å². The number of aryl methyl sites for hydroxylation is 3. The number of alkyl halides is 3. The van der Waals surface area contributed by atoms with Gasteiger partial charge in [0.1, 0.15) is 0 Å². The van der Waals surface area contributed by atoms with E-state index < -0.39 is 11.7 Å². The molecule has 3 rings (SSSR count). The average Bonchev–Trinajstić information content (AvgIpc) is 3.13. The van der Waals surface area contributed by atoms with Crippen molar-refractivity contribution in [1.82, 2.24) is 0 Å². The lowest BCUT2D eigenvalue weighted by atomic mass is 9.91. The molecule has 0 unspecified atom stereocenters. The van der Waals surface area contributed by atoms with Crippen molar-refractivity contribution in [3.05, 3.63) is 87.1 Å². The zero-order valence-electron chi connectivity index (χ0n) is 17.1. The van der Waals surface area contributed by atoms with Crippen molar-refractivity contribution in [2.45, 2.75) is 58.0 Å². The number of benzene rings is 2. The Balaban J connectivity index is 1.84. The van der Waals surface area contributed by atoms with E-state index in [9.17, 15) is 18.3 Å². The Hall–Kier alpha value is -2.20. The molecule has 0 saturated heterocycles. The molecule has 0 saturated carbocycles. The number of rotatable bonds is 7. The Morgan fingerprint density at radius 3 is 2.37 bits per heavy atom. The van der Waals surface area contributed by atoms with Crippen LogP contribution in [0.15, 0.2) is 54.3 Å². The standard InChI is InChI=1S/C25H26ClF3O/c1-16-14-21(7-6-17(2)30)24(25(27,28)29)15-20(16)9-8-18-4-3-5-23(18)19-10-12-22(26)13-11-19/h10-15,30H,2-9H2,1H3. The third-order valence-electron chi connectivity index (χ3n) is 5.77. The van der Waals surface area contributed by atoms with Crippen LogP contribution in [0, 0.1) is 6.92 Å². The fourth-order valence-electron chi connectivity index (χ4n) is 4.20. The van der Waals surface area contributed by atoms with E-state index in [-0.39, 0.29) is 24.2 Å². The molecule has 0 spiro atoms. The maximum absolute atomic E-state index is 13.6. The van der Waals surface area contributed by atoms with Crippen LogP contribution in [0.25, 0.3) is 5.57 Å². The van der Waals surface area contributed by atoms with Crippen LogP contribution in [0.1, 0.15) is 59.9 Å². The van der Waals surface area contributed by atoms with Gasteiger partial charge in [-0.3, -0.25) is 0 Å². The third-order valence-corrected chi connectivity index (χ3v) is 6.02. The first-order chi connectivity index (χ1) is 14.1. The minimum atomic E-state index is -4.42. The van der Waals surface area contributed by atoms with Crippen molar-refractivity contribution in [3.8, 4) is 0 Å². The van der Waals surface area contributed by atoms with Gasteiger partial charge in [-0.25, -0.2) is 0 Å². The zero-order chi connectivity index (χ0) is 21.9. The fraction of sp³-hybridized carbons (Fsp3) is 0.360. The summed E-state index contributed by atoms with van der Waals surface area (Å²) in [6, 6.07) is 10.7. The highest BCUT2D eigenvalue weighted by Crippen LogP contribution is 2.38. The Morgan fingerprint density at radius 1 is 1.03 bits per heavy atom. The fourth-order valence-corrected chi connectivity index (χ4v) is 4.32. The summed E-state index contributed by atoms with van der Waals surface area (Å²) in [5.74, 6) is -0.104. The predicted octanol–water partition coefficient (Wildman–Crippen LogP) is 8.24. The number of aliphatic hydroxyl groups is 1. The lowest BCUT2D eigenvalue weighted by molar-refractivity contribution is -0.138. The van der Waals surface area contributed by atoms with Gasteiger partial charge < -0.3 is 5.11 Å². The maximum atomic E-state index is 13.6. The monoisotopic (exact) mass is 434 g/mol. The quantitative estimate of drug-likeness (QED) is 0.435. The predicted molar refractivity (Wildman–Crippen MR) is 117 cm³/mol. The molecule has 0 radical (unpaired) electrons. The molecule has 160 valence electrons. The maximum Gasteiger partial charge on any atom is 0.416 e.